The standard InChI is InChI=1S/C57H38N6O/c58-56-60-31-49(32-61-56)39-13-23-43(24-14-39)53-51(41-19-9-37(10-20-41)47-27-17-35-5-1-3-7-45(35)29-47)52(42-21-11-38(12-22-42)48-28-18-36-6-2-4-8-46(36)30-48)54(55(53)64)44-25-15-40(16-26-44)50-33-62-57(59)63-34-50/h1-34H,(H2,58,60,61)(H2,59,62,63). The summed E-state index contributed by atoms with van der Waals surface area (Å²) in [5.74, 6) is 0.364. The van der Waals surface area contributed by atoms with Crippen LogP contribution in [0.4, 0.5) is 11.9 Å². The summed E-state index contributed by atoms with van der Waals surface area (Å²) in [4.78, 5) is 32.3. The summed E-state index contributed by atoms with van der Waals surface area (Å²) in [6, 6.07) is 63.1. The van der Waals surface area contributed by atoms with E-state index < -0.39 is 0 Å². The molecule has 7 heteroatoms. The molecule has 8 aromatic carbocycles. The van der Waals surface area contributed by atoms with E-state index in [4.69, 9.17) is 11.5 Å². The Hall–Kier alpha value is -8.81. The molecule has 64 heavy (non-hydrogen) atoms. The first-order valence-corrected chi connectivity index (χ1v) is 21.0. The molecule has 1 aliphatic carbocycles. The van der Waals surface area contributed by atoms with Gasteiger partial charge in [0.25, 0.3) is 0 Å². The smallest absolute Gasteiger partial charge is 0.219 e. The number of fused-ring (bicyclic) bond motifs is 2. The minimum absolute atomic E-state index is 0.0608. The van der Waals surface area contributed by atoms with Crippen molar-refractivity contribution in [3.8, 4) is 44.5 Å². The molecular weight excluding hydrogens is 785 g/mol. The van der Waals surface area contributed by atoms with E-state index >= 15 is 4.79 Å². The highest BCUT2D eigenvalue weighted by atomic mass is 16.1. The lowest BCUT2D eigenvalue weighted by molar-refractivity contribution is -0.108. The van der Waals surface area contributed by atoms with E-state index in [0.29, 0.717) is 11.1 Å². The van der Waals surface area contributed by atoms with Crippen LogP contribution in [0.2, 0.25) is 0 Å². The number of Topliss-reactive ketones (excluding diaryl/α,β-unsaturated/α-hetero) is 1. The van der Waals surface area contributed by atoms with Gasteiger partial charge >= 0.3 is 0 Å². The zero-order chi connectivity index (χ0) is 43.1. The lowest BCUT2D eigenvalue weighted by Crippen LogP contribution is -2.02. The Kier molecular flexibility index (Phi) is 9.48. The summed E-state index contributed by atoms with van der Waals surface area (Å²) in [5, 5.41) is 4.75. The van der Waals surface area contributed by atoms with Crippen LogP contribution in [0.15, 0.2) is 207 Å². The van der Waals surface area contributed by atoms with E-state index in [-0.39, 0.29) is 17.7 Å². The van der Waals surface area contributed by atoms with Gasteiger partial charge in [0.2, 0.25) is 11.9 Å². The Balaban J connectivity index is 1.09. The molecule has 10 aromatic rings. The van der Waals surface area contributed by atoms with Crippen molar-refractivity contribution < 1.29 is 4.79 Å². The number of nitrogen functional groups attached to an aromatic ring is 2. The van der Waals surface area contributed by atoms with E-state index in [1.807, 2.05) is 48.5 Å². The van der Waals surface area contributed by atoms with Crippen molar-refractivity contribution in [1.29, 1.82) is 0 Å². The fraction of sp³-hybridized carbons (Fsp3) is 0. The lowest BCUT2D eigenvalue weighted by Gasteiger charge is -2.15. The van der Waals surface area contributed by atoms with Gasteiger partial charge in [0.1, 0.15) is 0 Å². The van der Waals surface area contributed by atoms with Crippen LogP contribution in [0.25, 0.3) is 88.3 Å². The first-order chi connectivity index (χ1) is 31.4. The minimum Gasteiger partial charge on any atom is -0.368 e. The number of rotatable bonds is 8. The molecule has 11 rings (SSSR count). The van der Waals surface area contributed by atoms with Gasteiger partial charge in [-0.25, -0.2) is 19.9 Å². The van der Waals surface area contributed by atoms with Gasteiger partial charge in [0, 0.05) is 58.2 Å². The zero-order valence-electron chi connectivity index (χ0n) is 34.5. The van der Waals surface area contributed by atoms with E-state index in [1.165, 1.54) is 21.5 Å². The number of nitrogens with zero attached hydrogens (tertiary/aromatic N) is 4. The van der Waals surface area contributed by atoms with Crippen molar-refractivity contribution in [3.05, 3.63) is 229 Å². The van der Waals surface area contributed by atoms with Crippen molar-refractivity contribution in [1.82, 2.24) is 19.9 Å². The van der Waals surface area contributed by atoms with Crippen molar-refractivity contribution in [3.63, 3.8) is 0 Å². The first-order valence-electron chi connectivity index (χ1n) is 21.0. The fourth-order valence-electron chi connectivity index (χ4n) is 8.76. The van der Waals surface area contributed by atoms with Crippen LogP contribution in [0.5, 0.6) is 0 Å². The molecule has 0 spiro atoms. The second-order valence-electron chi connectivity index (χ2n) is 15.9. The summed E-state index contributed by atoms with van der Waals surface area (Å²) in [7, 11) is 0. The predicted molar refractivity (Wildman–Crippen MR) is 261 cm³/mol. The van der Waals surface area contributed by atoms with Crippen LogP contribution < -0.4 is 11.5 Å². The third-order valence-electron chi connectivity index (χ3n) is 12.1. The second-order valence-corrected chi connectivity index (χ2v) is 15.9. The summed E-state index contributed by atoms with van der Waals surface area (Å²) in [5.41, 5.74) is 26.0. The van der Waals surface area contributed by atoms with Gasteiger partial charge in [-0.1, -0.05) is 170 Å². The van der Waals surface area contributed by atoms with E-state index in [0.717, 1.165) is 77.9 Å². The average molecular weight is 823 g/mol. The second kappa shape index (κ2) is 15.9. The molecule has 302 valence electrons. The fourth-order valence-corrected chi connectivity index (χ4v) is 8.76. The number of carbonyl (C=O) groups is 1. The number of nitrogens with two attached hydrogens (primary N) is 2. The largest absolute Gasteiger partial charge is 0.368 e. The topological polar surface area (TPSA) is 121 Å². The molecule has 4 N–H and O–H groups in total. The van der Waals surface area contributed by atoms with Crippen LogP contribution in [0, 0.1) is 0 Å². The summed E-state index contributed by atoms with van der Waals surface area (Å²) >= 11 is 0. The van der Waals surface area contributed by atoms with E-state index in [2.05, 4.69) is 153 Å². The van der Waals surface area contributed by atoms with Crippen LogP contribution in [0.3, 0.4) is 0 Å². The number of aromatic nitrogens is 4. The van der Waals surface area contributed by atoms with Crippen molar-refractivity contribution in [2.45, 2.75) is 0 Å². The third kappa shape index (κ3) is 7.07. The average Bonchev–Trinajstić information content (AvgIpc) is 3.66. The van der Waals surface area contributed by atoms with Crippen LogP contribution in [-0.2, 0) is 4.79 Å². The maximum atomic E-state index is 15.5. The van der Waals surface area contributed by atoms with Crippen molar-refractivity contribution in [2.24, 2.45) is 0 Å². The van der Waals surface area contributed by atoms with Crippen molar-refractivity contribution >= 4 is 61.5 Å². The van der Waals surface area contributed by atoms with Gasteiger partial charge in [-0.3, -0.25) is 4.79 Å². The number of ketones is 1. The molecule has 1 aliphatic rings. The minimum atomic E-state index is -0.0608. The normalized spacial score (nSPS) is 12.7. The molecule has 0 fully saturated rings. The number of anilines is 2. The number of hydrogen-bond donors (Lipinski definition) is 2. The van der Waals surface area contributed by atoms with E-state index in [9.17, 15) is 0 Å². The van der Waals surface area contributed by atoms with Gasteiger partial charge in [-0.2, -0.15) is 0 Å². The van der Waals surface area contributed by atoms with Gasteiger partial charge in [0.05, 0.1) is 0 Å². The highest BCUT2D eigenvalue weighted by Gasteiger charge is 2.35. The molecule has 2 heterocycles. The highest BCUT2D eigenvalue weighted by molar-refractivity contribution is 6.59. The number of hydrogen-bond acceptors (Lipinski definition) is 7. The van der Waals surface area contributed by atoms with Crippen LogP contribution in [-0.4, -0.2) is 25.7 Å². The third-order valence-corrected chi connectivity index (χ3v) is 12.1. The predicted octanol–water partition coefficient (Wildman–Crippen LogP) is 12.5. The molecule has 0 saturated carbocycles. The molecule has 0 atom stereocenters. The Morgan fingerprint density at radius 1 is 0.266 bits per heavy atom. The monoisotopic (exact) mass is 822 g/mol. The molecule has 0 saturated heterocycles. The molecule has 0 radical (unpaired) electrons. The van der Waals surface area contributed by atoms with Crippen molar-refractivity contribution in [2.75, 3.05) is 11.5 Å². The van der Waals surface area contributed by atoms with E-state index in [1.54, 1.807) is 24.8 Å². The molecule has 0 amide bonds. The van der Waals surface area contributed by atoms with Gasteiger partial charge in [0.15, 0.2) is 5.78 Å². The summed E-state index contributed by atoms with van der Waals surface area (Å²) in [6.07, 6.45) is 6.83. The Labute approximate surface area is 369 Å². The maximum Gasteiger partial charge on any atom is 0.219 e. The zero-order valence-corrected chi connectivity index (χ0v) is 34.5. The quantitative estimate of drug-likeness (QED) is 0.156. The Morgan fingerprint density at radius 2 is 0.531 bits per heavy atom. The summed E-state index contributed by atoms with van der Waals surface area (Å²) in [6.45, 7) is 0. The van der Waals surface area contributed by atoms with Crippen LogP contribution >= 0.6 is 0 Å². The van der Waals surface area contributed by atoms with Gasteiger partial charge in [-0.05, 0) is 89.3 Å². The van der Waals surface area contributed by atoms with Gasteiger partial charge < -0.3 is 11.5 Å². The van der Waals surface area contributed by atoms with Gasteiger partial charge in [-0.15, -0.1) is 0 Å². The molecule has 0 aliphatic heterocycles. The molecular formula is C57H38N6O. The molecule has 0 bridgehead atoms. The first kappa shape index (κ1) is 38.1. The highest BCUT2D eigenvalue weighted by Crippen LogP contribution is 2.50. The number of allylic oxidation sites excluding steroid dienone is 4. The number of benzene rings is 8. The molecule has 7 nitrogen and oxygen atoms in total. The SMILES string of the molecule is Nc1ncc(-c2ccc(C3=C(c4ccc(-c5ccc6ccccc6c5)cc4)C(c4ccc(-c5ccc6ccccc6c5)cc4)=C(c4ccc(-c5cnc(N)nc5)cc4)C3=O)cc2)cn1. The lowest BCUT2D eigenvalue weighted by atomic mass is 9.87. The maximum absolute atomic E-state index is 15.5. The Morgan fingerprint density at radius 3 is 0.875 bits per heavy atom. The Bertz CT molecular complexity index is 3230. The summed E-state index contributed by atoms with van der Waals surface area (Å²) < 4.78 is 0. The van der Waals surface area contributed by atoms with Crippen LogP contribution in [0.1, 0.15) is 22.3 Å². The molecule has 2 aromatic heterocycles. The number of carbonyl (C=O) groups excluding carboxylic acids is 1. The molecule has 0 unspecified atom stereocenters.